The Balaban J connectivity index is 1.55. The van der Waals surface area contributed by atoms with Crippen LogP contribution in [0, 0.1) is 5.92 Å². The second-order valence-corrected chi connectivity index (χ2v) is 7.44. The van der Waals surface area contributed by atoms with Gasteiger partial charge in [-0.1, -0.05) is 11.6 Å². The lowest BCUT2D eigenvalue weighted by Gasteiger charge is -2.31. The first-order valence-electron chi connectivity index (χ1n) is 9.02. The molecular weight excluding hydrogens is 366 g/mol. The zero-order chi connectivity index (χ0) is 19.4. The van der Waals surface area contributed by atoms with E-state index in [9.17, 15) is 9.59 Å². The fourth-order valence-electron chi connectivity index (χ4n) is 3.30. The molecule has 1 aliphatic heterocycles. The predicted octanol–water partition coefficient (Wildman–Crippen LogP) is 2.76. The van der Waals surface area contributed by atoms with Gasteiger partial charge in [0.1, 0.15) is 11.5 Å². The summed E-state index contributed by atoms with van der Waals surface area (Å²) in [4.78, 5) is 27.5. The quantitative estimate of drug-likeness (QED) is 0.823. The Kier molecular flexibility index (Phi) is 6.19. The van der Waals surface area contributed by atoms with E-state index in [1.165, 1.54) is 0 Å². The number of carbonyl (C=O) groups is 2. The van der Waals surface area contributed by atoms with E-state index in [4.69, 9.17) is 21.8 Å². The Labute approximate surface area is 163 Å². The molecule has 27 heavy (non-hydrogen) atoms. The van der Waals surface area contributed by atoms with E-state index in [1.54, 1.807) is 11.9 Å². The molecule has 144 valence electrons. The zero-order valence-corrected chi connectivity index (χ0v) is 16.1. The molecule has 7 heteroatoms. The number of rotatable bonds is 6. The SMILES string of the molecule is CN(Cc1ccc(-c2ccc(Cl)cc2)o1)C(=O)CN1CCC[C@@H](C(N)=O)C1. The second-order valence-electron chi connectivity index (χ2n) is 7.00. The highest BCUT2D eigenvalue weighted by molar-refractivity contribution is 6.30. The van der Waals surface area contributed by atoms with Crippen molar-refractivity contribution in [2.24, 2.45) is 11.7 Å². The van der Waals surface area contributed by atoms with E-state index in [0.717, 1.165) is 30.7 Å². The summed E-state index contributed by atoms with van der Waals surface area (Å²) in [6.45, 7) is 2.03. The lowest BCUT2D eigenvalue weighted by atomic mass is 9.97. The fourth-order valence-corrected chi connectivity index (χ4v) is 3.42. The average Bonchev–Trinajstić information content (AvgIpc) is 3.11. The summed E-state index contributed by atoms with van der Waals surface area (Å²) in [5.74, 6) is 0.992. The molecule has 2 aromatic rings. The number of amides is 2. The third kappa shape index (κ3) is 5.11. The molecule has 1 aromatic carbocycles. The van der Waals surface area contributed by atoms with Gasteiger partial charge >= 0.3 is 0 Å². The maximum Gasteiger partial charge on any atom is 0.236 e. The highest BCUT2D eigenvalue weighted by atomic mass is 35.5. The molecule has 0 spiro atoms. The van der Waals surface area contributed by atoms with Gasteiger partial charge in [-0.15, -0.1) is 0 Å². The summed E-state index contributed by atoms with van der Waals surface area (Å²) >= 11 is 5.91. The molecule has 0 bridgehead atoms. The molecule has 0 saturated carbocycles. The van der Waals surface area contributed by atoms with E-state index in [2.05, 4.69) is 0 Å². The number of likely N-dealkylation sites (N-methyl/N-ethyl adjacent to an activating group) is 1. The van der Waals surface area contributed by atoms with Crippen molar-refractivity contribution in [3.05, 3.63) is 47.2 Å². The van der Waals surface area contributed by atoms with Crippen LogP contribution in [0.5, 0.6) is 0 Å². The second kappa shape index (κ2) is 8.59. The number of nitrogens with two attached hydrogens (primary N) is 1. The Morgan fingerprint density at radius 1 is 1.26 bits per heavy atom. The van der Waals surface area contributed by atoms with Gasteiger partial charge in [0.15, 0.2) is 0 Å². The maximum absolute atomic E-state index is 12.5. The lowest BCUT2D eigenvalue weighted by molar-refractivity contribution is -0.133. The number of furan rings is 1. The number of hydrogen-bond donors (Lipinski definition) is 1. The molecule has 1 saturated heterocycles. The number of primary amides is 1. The van der Waals surface area contributed by atoms with Crippen LogP contribution in [0.15, 0.2) is 40.8 Å². The third-order valence-electron chi connectivity index (χ3n) is 4.88. The van der Waals surface area contributed by atoms with E-state index in [-0.39, 0.29) is 24.3 Å². The van der Waals surface area contributed by atoms with Crippen LogP contribution in [0.4, 0.5) is 0 Å². The van der Waals surface area contributed by atoms with Crippen LogP contribution in [-0.2, 0) is 16.1 Å². The minimum absolute atomic E-state index is 0.00966. The van der Waals surface area contributed by atoms with Crippen LogP contribution < -0.4 is 5.73 Å². The largest absolute Gasteiger partial charge is 0.459 e. The number of halogens is 1. The molecule has 1 fully saturated rings. The van der Waals surface area contributed by atoms with Gasteiger partial charge in [-0.05, 0) is 55.8 Å². The van der Waals surface area contributed by atoms with Gasteiger partial charge in [0.25, 0.3) is 0 Å². The third-order valence-corrected chi connectivity index (χ3v) is 5.13. The maximum atomic E-state index is 12.5. The Bertz CT molecular complexity index is 803. The number of carbonyl (C=O) groups excluding carboxylic acids is 2. The van der Waals surface area contributed by atoms with Gasteiger partial charge in [0.2, 0.25) is 11.8 Å². The van der Waals surface area contributed by atoms with Gasteiger partial charge in [0, 0.05) is 24.2 Å². The molecular formula is C20H24ClN3O3. The molecule has 0 aliphatic carbocycles. The topological polar surface area (TPSA) is 79.8 Å². The van der Waals surface area contributed by atoms with Crippen molar-refractivity contribution in [2.45, 2.75) is 19.4 Å². The average molecular weight is 390 g/mol. The molecule has 2 amide bonds. The lowest BCUT2D eigenvalue weighted by Crippen LogP contribution is -2.45. The van der Waals surface area contributed by atoms with E-state index >= 15 is 0 Å². The number of benzene rings is 1. The molecule has 2 heterocycles. The van der Waals surface area contributed by atoms with Crippen LogP contribution >= 0.6 is 11.6 Å². The normalized spacial score (nSPS) is 17.6. The molecule has 6 nitrogen and oxygen atoms in total. The standard InChI is InChI=1S/C20H24ClN3O3/c1-23(19(25)13-24-10-2-3-15(11-24)20(22)26)12-17-8-9-18(27-17)14-4-6-16(21)7-5-14/h4-9,15H,2-3,10-13H2,1H3,(H2,22,26)/t15-/m1/s1. The van der Waals surface area contributed by atoms with Gasteiger partial charge in [-0.2, -0.15) is 0 Å². The highest BCUT2D eigenvalue weighted by Crippen LogP contribution is 2.24. The Morgan fingerprint density at radius 2 is 2.00 bits per heavy atom. The van der Waals surface area contributed by atoms with Crippen molar-refractivity contribution in [3.8, 4) is 11.3 Å². The summed E-state index contributed by atoms with van der Waals surface area (Å²) in [6.07, 6.45) is 1.68. The number of piperidine rings is 1. The Hall–Kier alpha value is -2.31. The van der Waals surface area contributed by atoms with Crippen molar-refractivity contribution in [1.29, 1.82) is 0 Å². The summed E-state index contributed by atoms with van der Waals surface area (Å²) in [6, 6.07) is 11.2. The van der Waals surface area contributed by atoms with E-state index in [1.807, 2.05) is 41.3 Å². The van der Waals surface area contributed by atoms with Crippen LogP contribution in [0.2, 0.25) is 5.02 Å². The van der Waals surface area contributed by atoms with Crippen molar-refractivity contribution < 1.29 is 14.0 Å². The number of hydrogen-bond acceptors (Lipinski definition) is 4. The zero-order valence-electron chi connectivity index (χ0n) is 15.4. The van der Waals surface area contributed by atoms with Crippen molar-refractivity contribution in [2.75, 3.05) is 26.7 Å². The number of likely N-dealkylation sites (tertiary alicyclic amines) is 1. The van der Waals surface area contributed by atoms with Gasteiger partial charge in [0.05, 0.1) is 19.0 Å². The monoisotopic (exact) mass is 389 g/mol. The molecule has 0 unspecified atom stereocenters. The first-order chi connectivity index (χ1) is 12.9. The van der Waals surface area contributed by atoms with Gasteiger partial charge in [-0.3, -0.25) is 14.5 Å². The van der Waals surface area contributed by atoms with E-state index < -0.39 is 0 Å². The predicted molar refractivity (Wildman–Crippen MR) is 104 cm³/mol. The minimum atomic E-state index is -0.286. The first kappa shape index (κ1) is 19.5. The molecule has 1 aliphatic rings. The van der Waals surface area contributed by atoms with Crippen molar-refractivity contribution in [3.63, 3.8) is 0 Å². The highest BCUT2D eigenvalue weighted by Gasteiger charge is 2.26. The Morgan fingerprint density at radius 3 is 2.70 bits per heavy atom. The number of nitrogens with zero attached hydrogens (tertiary/aromatic N) is 2. The van der Waals surface area contributed by atoms with Crippen LogP contribution in [0.25, 0.3) is 11.3 Å². The van der Waals surface area contributed by atoms with Gasteiger partial charge < -0.3 is 15.1 Å². The molecule has 1 aromatic heterocycles. The van der Waals surface area contributed by atoms with E-state index in [0.29, 0.717) is 23.9 Å². The van der Waals surface area contributed by atoms with Crippen molar-refractivity contribution in [1.82, 2.24) is 9.80 Å². The van der Waals surface area contributed by atoms with Crippen LogP contribution in [-0.4, -0.2) is 48.3 Å². The van der Waals surface area contributed by atoms with Crippen LogP contribution in [0.3, 0.4) is 0 Å². The first-order valence-corrected chi connectivity index (χ1v) is 9.40. The molecule has 0 radical (unpaired) electrons. The molecule has 1 atom stereocenters. The summed E-state index contributed by atoms with van der Waals surface area (Å²) in [5, 5.41) is 0.673. The minimum Gasteiger partial charge on any atom is -0.459 e. The van der Waals surface area contributed by atoms with Crippen molar-refractivity contribution >= 4 is 23.4 Å². The van der Waals surface area contributed by atoms with Crippen LogP contribution in [0.1, 0.15) is 18.6 Å². The summed E-state index contributed by atoms with van der Waals surface area (Å²) < 4.78 is 5.86. The molecule has 2 N–H and O–H groups in total. The smallest absolute Gasteiger partial charge is 0.236 e. The van der Waals surface area contributed by atoms with Gasteiger partial charge in [-0.25, -0.2) is 0 Å². The summed E-state index contributed by atoms with van der Waals surface area (Å²) in [5.41, 5.74) is 6.34. The molecule has 3 rings (SSSR count). The summed E-state index contributed by atoms with van der Waals surface area (Å²) in [7, 11) is 1.75. The fraction of sp³-hybridized carbons (Fsp3) is 0.400.